The Hall–Kier alpha value is -1.47. The van der Waals surface area contributed by atoms with Gasteiger partial charge < -0.3 is 36.4 Å². The number of nitrogens with two attached hydrogens (primary N) is 1. The molecule has 0 aliphatic carbocycles. The molecule has 130 valence electrons. The molecule has 0 aromatic carbocycles. The van der Waals surface area contributed by atoms with Gasteiger partial charge in [0.05, 0.1) is 19.3 Å². The van der Waals surface area contributed by atoms with Gasteiger partial charge in [-0.1, -0.05) is 0 Å². The van der Waals surface area contributed by atoms with Gasteiger partial charge >= 0.3 is 67.6 Å². The predicted octanol–water partition coefficient (Wildman–Crippen LogP) is -3.29. The SMILES string of the molecule is NC(CC(=O)O)C(=O)O.O=C(O)CC(O)(CC(=O)O)C(=O)O.[CaH2]. The second kappa shape index (κ2) is 12.0. The van der Waals surface area contributed by atoms with E-state index in [1.807, 2.05) is 0 Å². The summed E-state index contributed by atoms with van der Waals surface area (Å²) < 4.78 is 0. The van der Waals surface area contributed by atoms with Gasteiger partial charge in [-0.25, -0.2) is 4.79 Å². The maximum atomic E-state index is 10.3. The van der Waals surface area contributed by atoms with Gasteiger partial charge in [0.25, 0.3) is 0 Å². The zero-order valence-corrected chi connectivity index (χ0v) is 11.0. The number of hydrogen-bond acceptors (Lipinski definition) is 7. The normalized spacial score (nSPS) is 11.0. The van der Waals surface area contributed by atoms with Gasteiger partial charge in [0.2, 0.25) is 0 Å². The van der Waals surface area contributed by atoms with Crippen molar-refractivity contribution in [3.05, 3.63) is 0 Å². The molecule has 0 fully saturated rings. The van der Waals surface area contributed by atoms with Gasteiger partial charge in [-0.15, -0.1) is 0 Å². The van der Waals surface area contributed by atoms with E-state index in [4.69, 9.17) is 36.4 Å². The summed E-state index contributed by atoms with van der Waals surface area (Å²) in [4.78, 5) is 50.1. The minimum atomic E-state index is -2.74. The van der Waals surface area contributed by atoms with Crippen LogP contribution in [0.15, 0.2) is 0 Å². The molecular formula is C10H17CaNO11. The molecular weight excluding hydrogens is 350 g/mol. The topological polar surface area (TPSA) is 233 Å². The summed E-state index contributed by atoms with van der Waals surface area (Å²) in [7, 11) is 0. The Kier molecular flexibility index (Phi) is 13.8. The van der Waals surface area contributed by atoms with Crippen molar-refractivity contribution in [2.75, 3.05) is 0 Å². The molecule has 13 heteroatoms. The molecule has 0 bridgehead atoms. The Morgan fingerprint density at radius 3 is 1.30 bits per heavy atom. The van der Waals surface area contributed by atoms with Crippen LogP contribution >= 0.6 is 0 Å². The fourth-order valence-corrected chi connectivity index (χ4v) is 0.990. The fourth-order valence-electron chi connectivity index (χ4n) is 0.990. The maximum absolute atomic E-state index is 10.3. The zero-order valence-electron chi connectivity index (χ0n) is 11.0. The molecule has 0 aliphatic rings. The molecule has 8 N–H and O–H groups in total. The quantitative estimate of drug-likeness (QED) is 0.209. The van der Waals surface area contributed by atoms with Gasteiger partial charge in [0, 0.05) is 0 Å². The predicted molar refractivity (Wildman–Crippen MR) is 73.5 cm³/mol. The molecule has 1 atom stereocenters. The first kappa shape index (κ1) is 26.4. The van der Waals surface area contributed by atoms with Crippen LogP contribution in [0, 0.1) is 0 Å². The third-order valence-corrected chi connectivity index (χ3v) is 2.00. The van der Waals surface area contributed by atoms with Crippen LogP contribution in [0.2, 0.25) is 0 Å². The number of carbonyl (C=O) groups is 5. The molecule has 23 heavy (non-hydrogen) atoms. The monoisotopic (exact) mass is 367 g/mol. The molecule has 0 aromatic rings. The Morgan fingerprint density at radius 2 is 1.17 bits per heavy atom. The average Bonchev–Trinajstić information content (AvgIpc) is 2.25. The van der Waals surface area contributed by atoms with E-state index < -0.39 is 60.8 Å². The van der Waals surface area contributed by atoms with E-state index in [9.17, 15) is 24.0 Å². The number of hydrogen-bond donors (Lipinski definition) is 7. The van der Waals surface area contributed by atoms with Crippen LogP contribution in [0.3, 0.4) is 0 Å². The van der Waals surface area contributed by atoms with E-state index >= 15 is 0 Å². The number of aliphatic hydroxyl groups is 1. The minimum absolute atomic E-state index is 0. The van der Waals surface area contributed by atoms with Gasteiger partial charge in [-0.2, -0.15) is 0 Å². The summed E-state index contributed by atoms with van der Waals surface area (Å²) >= 11 is 0. The molecule has 0 aliphatic heterocycles. The first-order valence-corrected chi connectivity index (χ1v) is 5.41. The van der Waals surface area contributed by atoms with Crippen molar-refractivity contribution in [2.24, 2.45) is 5.73 Å². The van der Waals surface area contributed by atoms with E-state index in [1.165, 1.54) is 0 Å². The van der Waals surface area contributed by atoms with E-state index in [-0.39, 0.29) is 37.7 Å². The molecule has 0 aromatic heterocycles. The van der Waals surface area contributed by atoms with Crippen molar-refractivity contribution in [2.45, 2.75) is 30.9 Å². The number of carboxylic acids is 5. The Bertz CT molecular complexity index is 448. The van der Waals surface area contributed by atoms with Crippen LogP contribution in [0.1, 0.15) is 19.3 Å². The summed E-state index contributed by atoms with van der Waals surface area (Å²) in [5, 5.41) is 49.8. The molecule has 12 nitrogen and oxygen atoms in total. The van der Waals surface area contributed by atoms with Gasteiger partial charge in [0.1, 0.15) is 6.04 Å². The molecule has 0 spiro atoms. The fraction of sp³-hybridized carbons (Fsp3) is 0.500. The van der Waals surface area contributed by atoms with Crippen LogP contribution in [0.4, 0.5) is 0 Å². The Balaban J connectivity index is -0.000000354. The number of rotatable bonds is 8. The van der Waals surface area contributed by atoms with Crippen LogP contribution in [-0.2, 0) is 24.0 Å². The van der Waals surface area contributed by atoms with Crippen LogP contribution in [0.5, 0.6) is 0 Å². The summed E-state index contributed by atoms with van der Waals surface area (Å²) in [6.45, 7) is 0. The van der Waals surface area contributed by atoms with Crippen molar-refractivity contribution >= 4 is 67.6 Å². The zero-order chi connectivity index (χ0) is 18.1. The van der Waals surface area contributed by atoms with Crippen molar-refractivity contribution < 1.29 is 54.6 Å². The molecule has 1 unspecified atom stereocenters. The third-order valence-electron chi connectivity index (χ3n) is 2.00. The molecule has 0 amide bonds. The van der Waals surface area contributed by atoms with Gasteiger partial charge in [-0.3, -0.25) is 19.2 Å². The van der Waals surface area contributed by atoms with Crippen LogP contribution in [-0.4, -0.2) is 110 Å². The Labute approximate surface area is 158 Å². The van der Waals surface area contributed by atoms with Crippen LogP contribution in [0.25, 0.3) is 0 Å². The Morgan fingerprint density at radius 1 is 0.826 bits per heavy atom. The van der Waals surface area contributed by atoms with Gasteiger partial charge in [-0.05, 0) is 0 Å². The second-order valence-corrected chi connectivity index (χ2v) is 4.02. The van der Waals surface area contributed by atoms with E-state index in [0.29, 0.717) is 0 Å². The van der Waals surface area contributed by atoms with Crippen molar-refractivity contribution in [1.29, 1.82) is 0 Å². The number of carboxylic acid groups (broad SMARTS) is 5. The van der Waals surface area contributed by atoms with Crippen molar-refractivity contribution in [3.63, 3.8) is 0 Å². The molecule has 0 heterocycles. The van der Waals surface area contributed by atoms with E-state index in [2.05, 4.69) is 0 Å². The molecule has 0 saturated carbocycles. The first-order valence-electron chi connectivity index (χ1n) is 5.41. The molecule has 0 saturated heterocycles. The second-order valence-electron chi connectivity index (χ2n) is 4.02. The van der Waals surface area contributed by atoms with E-state index in [1.54, 1.807) is 0 Å². The summed E-state index contributed by atoms with van der Waals surface area (Å²) in [5.74, 6) is -7.52. The standard InChI is InChI=1S/C6H8O7.C4H7NO4.Ca.2H/c7-3(8)1-6(13,5(11)12)2-4(9)10;5-2(4(8)9)1-3(6)7;;;/h13H,1-2H2,(H,7,8)(H,9,10)(H,11,12);2H,1,5H2,(H,6,7)(H,8,9);;;. The summed E-state index contributed by atoms with van der Waals surface area (Å²) in [6.07, 6.45) is -2.82. The van der Waals surface area contributed by atoms with Gasteiger partial charge in [0.15, 0.2) is 5.60 Å². The first-order chi connectivity index (χ1) is 9.81. The number of aliphatic carboxylic acids is 5. The van der Waals surface area contributed by atoms with Crippen molar-refractivity contribution in [1.82, 2.24) is 0 Å². The summed E-state index contributed by atoms with van der Waals surface area (Å²) in [6, 6.07) is -1.29. The molecule has 0 radical (unpaired) electrons. The van der Waals surface area contributed by atoms with Crippen molar-refractivity contribution in [3.8, 4) is 0 Å². The van der Waals surface area contributed by atoms with E-state index in [0.717, 1.165) is 0 Å². The summed E-state index contributed by atoms with van der Waals surface area (Å²) in [5.41, 5.74) is 2.10. The molecule has 0 rings (SSSR count). The van der Waals surface area contributed by atoms with Crippen LogP contribution < -0.4 is 5.73 Å². The average molecular weight is 367 g/mol. The third kappa shape index (κ3) is 13.9.